The Labute approximate surface area is 177 Å². The highest BCUT2D eigenvalue weighted by Crippen LogP contribution is 2.47. The van der Waals surface area contributed by atoms with Gasteiger partial charge in [0.25, 0.3) is 0 Å². The summed E-state index contributed by atoms with van der Waals surface area (Å²) in [4.78, 5) is 4.60. The van der Waals surface area contributed by atoms with Crippen LogP contribution in [0.15, 0.2) is 39.8 Å². The van der Waals surface area contributed by atoms with E-state index >= 15 is 0 Å². The van der Waals surface area contributed by atoms with Crippen molar-refractivity contribution in [1.82, 2.24) is 15.8 Å². The van der Waals surface area contributed by atoms with Gasteiger partial charge in [-0.15, -0.1) is 24.0 Å². The van der Waals surface area contributed by atoms with Gasteiger partial charge in [-0.25, -0.2) is 9.38 Å². The van der Waals surface area contributed by atoms with Crippen molar-refractivity contribution in [1.29, 1.82) is 0 Å². The lowest BCUT2D eigenvalue weighted by Gasteiger charge is -2.19. The number of nitrogens with one attached hydrogen (secondary N) is 2. The van der Waals surface area contributed by atoms with E-state index in [0.717, 1.165) is 43.3 Å². The van der Waals surface area contributed by atoms with Gasteiger partial charge in [0.05, 0.1) is 5.69 Å². The van der Waals surface area contributed by atoms with Crippen LogP contribution in [0.3, 0.4) is 0 Å². The Morgan fingerprint density at radius 2 is 1.96 bits per heavy atom. The minimum absolute atomic E-state index is 0. The van der Waals surface area contributed by atoms with Gasteiger partial charge in [-0.05, 0) is 43.4 Å². The fourth-order valence-corrected chi connectivity index (χ4v) is 2.95. The molecule has 1 heterocycles. The molecule has 27 heavy (non-hydrogen) atoms. The molecule has 2 N–H and O–H groups in total. The molecule has 2 aromatic rings. The van der Waals surface area contributed by atoms with Crippen LogP contribution in [0.2, 0.25) is 0 Å². The Kier molecular flexibility index (Phi) is 7.64. The molecule has 7 heteroatoms. The van der Waals surface area contributed by atoms with Crippen molar-refractivity contribution in [2.75, 3.05) is 13.1 Å². The summed E-state index contributed by atoms with van der Waals surface area (Å²) in [5.41, 5.74) is 2.21. The van der Waals surface area contributed by atoms with Gasteiger partial charge in [0, 0.05) is 24.6 Å². The molecule has 0 unspecified atom stereocenters. The average molecular weight is 486 g/mol. The number of aliphatic imine (C=N–C) groups is 1. The van der Waals surface area contributed by atoms with Gasteiger partial charge < -0.3 is 15.2 Å². The van der Waals surface area contributed by atoms with Crippen LogP contribution in [0.25, 0.3) is 0 Å². The predicted molar refractivity (Wildman–Crippen MR) is 116 cm³/mol. The quantitative estimate of drug-likeness (QED) is 0.347. The maximum absolute atomic E-state index is 13.2. The second kappa shape index (κ2) is 9.52. The topological polar surface area (TPSA) is 62.5 Å². The van der Waals surface area contributed by atoms with Crippen molar-refractivity contribution in [3.63, 3.8) is 0 Å². The molecule has 1 aromatic heterocycles. The molecule has 3 rings (SSSR count). The molecule has 1 aliphatic rings. The van der Waals surface area contributed by atoms with Crippen molar-refractivity contribution in [2.24, 2.45) is 4.99 Å². The van der Waals surface area contributed by atoms with Crippen molar-refractivity contribution in [3.05, 3.63) is 53.2 Å². The summed E-state index contributed by atoms with van der Waals surface area (Å²) in [7, 11) is 0. The van der Waals surface area contributed by atoms with Crippen molar-refractivity contribution in [3.8, 4) is 0 Å². The standard InChI is InChI=1S/C20H27FN4O.HI/c1-4-22-19(23-12-17-11-18(14(2)3)25-26-17)24-13-20(9-10-20)15-5-7-16(21)8-6-15;/h5-8,11,14H,4,9-10,12-13H2,1-3H3,(H2,22,23,24);1H. The van der Waals surface area contributed by atoms with Crippen molar-refractivity contribution in [2.45, 2.75) is 51.5 Å². The van der Waals surface area contributed by atoms with Gasteiger partial charge >= 0.3 is 0 Å². The minimum atomic E-state index is -0.194. The summed E-state index contributed by atoms with van der Waals surface area (Å²) < 4.78 is 18.5. The molecule has 5 nitrogen and oxygen atoms in total. The molecule has 0 spiro atoms. The van der Waals surface area contributed by atoms with Crippen LogP contribution in [-0.4, -0.2) is 24.2 Å². The molecule has 0 amide bonds. The molecule has 148 valence electrons. The van der Waals surface area contributed by atoms with Crippen molar-refractivity contribution < 1.29 is 8.91 Å². The molecule has 0 aliphatic heterocycles. The Hall–Kier alpha value is -1.64. The molecular weight excluding hydrogens is 458 g/mol. The van der Waals surface area contributed by atoms with Crippen LogP contribution in [0.5, 0.6) is 0 Å². The lowest BCUT2D eigenvalue weighted by atomic mass is 9.96. The van der Waals surface area contributed by atoms with E-state index in [4.69, 9.17) is 4.52 Å². The van der Waals surface area contributed by atoms with Crippen LogP contribution in [0.4, 0.5) is 4.39 Å². The summed E-state index contributed by atoms with van der Waals surface area (Å²) in [5.74, 6) is 1.66. The first-order chi connectivity index (χ1) is 12.5. The van der Waals surface area contributed by atoms with Gasteiger partial charge in [0.1, 0.15) is 12.4 Å². The largest absolute Gasteiger partial charge is 0.359 e. The molecule has 0 saturated heterocycles. The summed E-state index contributed by atoms with van der Waals surface area (Å²) in [6.45, 7) is 8.21. The highest BCUT2D eigenvalue weighted by molar-refractivity contribution is 14.0. The molecule has 0 atom stereocenters. The summed E-state index contributed by atoms with van der Waals surface area (Å²) in [5, 5.41) is 10.7. The number of benzene rings is 1. The van der Waals surface area contributed by atoms with Gasteiger partial charge in [0.15, 0.2) is 11.7 Å². The third-order valence-electron chi connectivity index (χ3n) is 4.81. The van der Waals surface area contributed by atoms with Crippen molar-refractivity contribution >= 4 is 29.9 Å². The summed E-state index contributed by atoms with van der Waals surface area (Å²) in [6, 6.07) is 8.79. The van der Waals surface area contributed by atoms with E-state index < -0.39 is 0 Å². The van der Waals surface area contributed by atoms with Crippen LogP contribution < -0.4 is 10.6 Å². The summed E-state index contributed by atoms with van der Waals surface area (Å²) >= 11 is 0. The molecule has 1 aliphatic carbocycles. The number of rotatable bonds is 7. The highest BCUT2D eigenvalue weighted by atomic mass is 127. The summed E-state index contributed by atoms with van der Waals surface area (Å²) in [6.07, 6.45) is 2.20. The Morgan fingerprint density at radius 3 is 2.52 bits per heavy atom. The maximum Gasteiger partial charge on any atom is 0.191 e. The van der Waals surface area contributed by atoms with Crippen LogP contribution in [0.1, 0.15) is 56.5 Å². The smallest absolute Gasteiger partial charge is 0.191 e. The molecule has 1 fully saturated rings. The highest BCUT2D eigenvalue weighted by Gasteiger charge is 2.44. The van der Waals surface area contributed by atoms with E-state index in [-0.39, 0.29) is 35.2 Å². The fourth-order valence-electron chi connectivity index (χ4n) is 2.95. The molecule has 0 bridgehead atoms. The SMILES string of the molecule is CCNC(=NCc1cc(C(C)C)no1)NCC1(c2ccc(F)cc2)CC1.I. The first-order valence-electron chi connectivity index (χ1n) is 9.26. The Balaban J connectivity index is 0.00000261. The van der Waals surface area contributed by atoms with E-state index in [1.54, 1.807) is 0 Å². The number of hydrogen-bond acceptors (Lipinski definition) is 3. The lowest BCUT2D eigenvalue weighted by molar-refractivity contribution is 0.376. The number of nitrogens with zero attached hydrogens (tertiary/aromatic N) is 2. The third-order valence-corrected chi connectivity index (χ3v) is 4.81. The first kappa shape index (κ1) is 21.7. The third kappa shape index (κ3) is 5.67. The Bertz CT molecular complexity index is 754. The second-order valence-corrected chi connectivity index (χ2v) is 7.21. The van der Waals surface area contributed by atoms with Crippen LogP contribution in [0, 0.1) is 5.82 Å². The minimum Gasteiger partial charge on any atom is -0.359 e. The normalized spacial score (nSPS) is 15.4. The number of hydrogen-bond donors (Lipinski definition) is 2. The zero-order chi connectivity index (χ0) is 18.6. The van der Waals surface area contributed by atoms with E-state index in [1.165, 1.54) is 17.7 Å². The van der Waals surface area contributed by atoms with E-state index in [0.29, 0.717) is 12.5 Å². The molecule has 1 aromatic carbocycles. The zero-order valence-corrected chi connectivity index (χ0v) is 18.4. The van der Waals surface area contributed by atoms with Gasteiger partial charge in [-0.1, -0.05) is 31.1 Å². The van der Waals surface area contributed by atoms with E-state index in [1.807, 2.05) is 25.1 Å². The molecule has 0 radical (unpaired) electrons. The lowest BCUT2D eigenvalue weighted by Crippen LogP contribution is -2.41. The number of guanidine groups is 1. The maximum atomic E-state index is 13.2. The van der Waals surface area contributed by atoms with Crippen LogP contribution in [-0.2, 0) is 12.0 Å². The molecular formula is C20H28FIN4O. The van der Waals surface area contributed by atoms with Gasteiger partial charge in [-0.3, -0.25) is 0 Å². The average Bonchev–Trinajstić information content (AvgIpc) is 3.26. The van der Waals surface area contributed by atoms with E-state index in [9.17, 15) is 4.39 Å². The predicted octanol–water partition coefficient (Wildman–Crippen LogP) is 4.34. The van der Waals surface area contributed by atoms with Gasteiger partial charge in [0.2, 0.25) is 0 Å². The van der Waals surface area contributed by atoms with Crippen LogP contribution >= 0.6 is 24.0 Å². The fraction of sp³-hybridized carbons (Fsp3) is 0.500. The van der Waals surface area contributed by atoms with E-state index in [2.05, 4.69) is 34.6 Å². The second-order valence-electron chi connectivity index (χ2n) is 7.21. The monoisotopic (exact) mass is 486 g/mol. The number of halogens is 2. The Morgan fingerprint density at radius 1 is 1.26 bits per heavy atom. The molecule has 1 saturated carbocycles. The number of aromatic nitrogens is 1. The van der Waals surface area contributed by atoms with Gasteiger partial charge in [-0.2, -0.15) is 0 Å². The zero-order valence-electron chi connectivity index (χ0n) is 16.1. The first-order valence-corrected chi connectivity index (χ1v) is 9.26.